The fourth-order valence-electron chi connectivity index (χ4n) is 3.83. The van der Waals surface area contributed by atoms with Gasteiger partial charge in [-0.2, -0.15) is 0 Å². The molecule has 0 amide bonds. The van der Waals surface area contributed by atoms with E-state index in [2.05, 4.69) is 15.2 Å². The summed E-state index contributed by atoms with van der Waals surface area (Å²) in [5, 5.41) is 8.53. The lowest BCUT2D eigenvalue weighted by Crippen LogP contribution is -2.24. The number of ether oxygens (including phenoxy) is 2. The molecular weight excluding hydrogens is 384 g/mol. The molecule has 1 saturated heterocycles. The molecule has 9 heteroatoms. The van der Waals surface area contributed by atoms with Crippen LogP contribution < -0.4 is 9.47 Å². The third-order valence-corrected chi connectivity index (χ3v) is 5.62. The predicted octanol–water partition coefficient (Wildman–Crippen LogP) is 4.06. The van der Waals surface area contributed by atoms with Gasteiger partial charge in [0.25, 0.3) is 0 Å². The first-order valence-corrected chi connectivity index (χ1v) is 9.57. The fraction of sp³-hybridized carbons (Fsp3) is 0.421. The number of oxazole rings is 1. The average Bonchev–Trinajstić information content (AvgIpc) is 3.43. The van der Waals surface area contributed by atoms with Crippen LogP contribution in [0.25, 0.3) is 11.5 Å². The number of rotatable bonds is 4. The van der Waals surface area contributed by atoms with Crippen molar-refractivity contribution >= 4 is 11.6 Å². The molecule has 0 bridgehead atoms. The van der Waals surface area contributed by atoms with Crippen LogP contribution in [0.15, 0.2) is 21.2 Å². The van der Waals surface area contributed by atoms with Gasteiger partial charge in [0.15, 0.2) is 11.5 Å². The van der Waals surface area contributed by atoms with E-state index in [4.69, 9.17) is 35.1 Å². The summed E-state index contributed by atoms with van der Waals surface area (Å²) >= 11 is 6.41. The zero-order chi connectivity index (χ0) is 19.3. The maximum atomic E-state index is 6.41. The van der Waals surface area contributed by atoms with Crippen LogP contribution in [-0.4, -0.2) is 33.5 Å². The Balaban J connectivity index is 1.42. The van der Waals surface area contributed by atoms with Crippen LogP contribution in [0.1, 0.15) is 41.7 Å². The lowest BCUT2D eigenvalue weighted by atomic mass is 10.1. The minimum atomic E-state index is 0.180. The van der Waals surface area contributed by atoms with Crippen molar-refractivity contribution in [1.82, 2.24) is 20.2 Å². The normalized spacial score (nSPS) is 18.9. The molecule has 28 heavy (non-hydrogen) atoms. The summed E-state index contributed by atoms with van der Waals surface area (Å²) in [5.41, 5.74) is 3.30. The van der Waals surface area contributed by atoms with Crippen LogP contribution in [-0.2, 0) is 6.54 Å². The standard InChI is InChI=1S/C19H19ClN4O4/c1-10-18(23-28-22-10)15-4-3-5-24(15)8-14-11(2)27-19(21-14)12-6-16-17(7-13(12)20)26-9-25-16/h6-7,15H,3-5,8-9H2,1-2H3/t15-/m1/s1. The third-order valence-electron chi connectivity index (χ3n) is 5.31. The second-order valence-corrected chi connectivity index (χ2v) is 7.48. The first kappa shape index (κ1) is 17.5. The van der Waals surface area contributed by atoms with E-state index in [0.29, 0.717) is 34.5 Å². The van der Waals surface area contributed by atoms with Crippen molar-refractivity contribution in [3.63, 3.8) is 0 Å². The van der Waals surface area contributed by atoms with Gasteiger partial charge in [0.05, 0.1) is 22.3 Å². The molecule has 146 valence electrons. The summed E-state index contributed by atoms with van der Waals surface area (Å²) in [6.45, 7) is 5.65. The Hall–Kier alpha value is -2.58. The van der Waals surface area contributed by atoms with Gasteiger partial charge in [-0.25, -0.2) is 9.61 Å². The van der Waals surface area contributed by atoms with Gasteiger partial charge in [0.2, 0.25) is 12.7 Å². The molecule has 3 aromatic rings. The Morgan fingerprint density at radius 1 is 1.18 bits per heavy atom. The van der Waals surface area contributed by atoms with Crippen molar-refractivity contribution in [2.24, 2.45) is 0 Å². The Labute approximate surface area is 166 Å². The highest BCUT2D eigenvalue weighted by Gasteiger charge is 2.31. The van der Waals surface area contributed by atoms with E-state index in [-0.39, 0.29) is 12.8 Å². The molecule has 0 N–H and O–H groups in total. The summed E-state index contributed by atoms with van der Waals surface area (Å²) < 4.78 is 21.6. The number of benzene rings is 1. The van der Waals surface area contributed by atoms with E-state index in [0.717, 1.165) is 42.2 Å². The zero-order valence-electron chi connectivity index (χ0n) is 15.6. The fourth-order valence-corrected chi connectivity index (χ4v) is 4.06. The number of aryl methyl sites for hydroxylation is 2. The van der Waals surface area contributed by atoms with Crippen molar-refractivity contribution in [3.05, 3.63) is 40.0 Å². The highest BCUT2D eigenvalue weighted by Crippen LogP contribution is 2.41. The van der Waals surface area contributed by atoms with E-state index in [1.165, 1.54) is 0 Å². The molecule has 0 saturated carbocycles. The molecule has 0 aliphatic carbocycles. The number of halogens is 1. The molecule has 8 nitrogen and oxygen atoms in total. The molecule has 1 atom stereocenters. The van der Waals surface area contributed by atoms with Crippen molar-refractivity contribution in [2.45, 2.75) is 39.3 Å². The molecule has 5 rings (SSSR count). The van der Waals surface area contributed by atoms with E-state index in [1.807, 2.05) is 19.9 Å². The monoisotopic (exact) mass is 402 g/mol. The highest BCUT2D eigenvalue weighted by atomic mass is 35.5. The first-order chi connectivity index (χ1) is 13.6. The van der Waals surface area contributed by atoms with Crippen LogP contribution >= 0.6 is 11.6 Å². The number of aromatic nitrogens is 3. The Morgan fingerprint density at radius 2 is 2.00 bits per heavy atom. The van der Waals surface area contributed by atoms with Gasteiger partial charge in [-0.1, -0.05) is 21.9 Å². The number of fused-ring (bicyclic) bond motifs is 1. The third kappa shape index (κ3) is 2.93. The predicted molar refractivity (Wildman–Crippen MR) is 99.2 cm³/mol. The van der Waals surface area contributed by atoms with Crippen LogP contribution in [0, 0.1) is 13.8 Å². The molecule has 0 spiro atoms. The largest absolute Gasteiger partial charge is 0.454 e. The van der Waals surface area contributed by atoms with E-state index < -0.39 is 0 Å². The Morgan fingerprint density at radius 3 is 2.79 bits per heavy atom. The van der Waals surface area contributed by atoms with Crippen LogP contribution in [0.2, 0.25) is 5.02 Å². The topological polar surface area (TPSA) is 86.7 Å². The zero-order valence-corrected chi connectivity index (χ0v) is 16.3. The molecule has 0 unspecified atom stereocenters. The lowest BCUT2D eigenvalue weighted by molar-refractivity contribution is 0.174. The summed E-state index contributed by atoms with van der Waals surface area (Å²) in [4.78, 5) is 7.06. The highest BCUT2D eigenvalue weighted by molar-refractivity contribution is 6.33. The Bertz CT molecular complexity index is 1030. The van der Waals surface area contributed by atoms with Gasteiger partial charge in [-0.15, -0.1) is 0 Å². The number of nitrogens with zero attached hydrogens (tertiary/aromatic N) is 4. The minimum Gasteiger partial charge on any atom is -0.454 e. The van der Waals surface area contributed by atoms with Gasteiger partial charge >= 0.3 is 0 Å². The van der Waals surface area contributed by atoms with Crippen molar-refractivity contribution < 1.29 is 18.5 Å². The summed E-state index contributed by atoms with van der Waals surface area (Å²) in [6.07, 6.45) is 2.11. The van der Waals surface area contributed by atoms with E-state index in [1.54, 1.807) is 6.07 Å². The second kappa shape index (κ2) is 6.79. The molecular formula is C19H19ClN4O4. The van der Waals surface area contributed by atoms with E-state index >= 15 is 0 Å². The second-order valence-electron chi connectivity index (χ2n) is 7.07. The molecule has 4 heterocycles. The number of hydrogen-bond acceptors (Lipinski definition) is 8. The molecule has 0 radical (unpaired) electrons. The summed E-state index contributed by atoms with van der Waals surface area (Å²) in [6, 6.07) is 3.72. The average molecular weight is 403 g/mol. The molecule has 2 aliphatic heterocycles. The summed E-state index contributed by atoms with van der Waals surface area (Å²) in [5.74, 6) is 2.52. The van der Waals surface area contributed by atoms with Crippen molar-refractivity contribution in [2.75, 3.05) is 13.3 Å². The summed E-state index contributed by atoms with van der Waals surface area (Å²) in [7, 11) is 0. The van der Waals surface area contributed by atoms with Gasteiger partial charge in [-0.3, -0.25) is 4.90 Å². The maximum absolute atomic E-state index is 6.41. The van der Waals surface area contributed by atoms with Crippen LogP contribution in [0.4, 0.5) is 0 Å². The molecule has 1 aromatic carbocycles. The van der Waals surface area contributed by atoms with Crippen molar-refractivity contribution in [1.29, 1.82) is 0 Å². The maximum Gasteiger partial charge on any atom is 0.231 e. The van der Waals surface area contributed by atoms with E-state index in [9.17, 15) is 0 Å². The number of hydrogen-bond donors (Lipinski definition) is 0. The molecule has 2 aromatic heterocycles. The molecule has 2 aliphatic rings. The van der Waals surface area contributed by atoms with Gasteiger partial charge in [-0.05, 0) is 39.3 Å². The smallest absolute Gasteiger partial charge is 0.231 e. The minimum absolute atomic E-state index is 0.180. The van der Waals surface area contributed by atoms with Gasteiger partial charge in [0.1, 0.15) is 17.1 Å². The van der Waals surface area contributed by atoms with Crippen molar-refractivity contribution in [3.8, 4) is 23.0 Å². The van der Waals surface area contributed by atoms with Crippen LogP contribution in [0.3, 0.4) is 0 Å². The SMILES string of the molecule is Cc1nonc1[C@H]1CCCN1Cc1nc(-c2cc3c(cc2Cl)OCO3)oc1C. The Kier molecular flexibility index (Phi) is 4.25. The first-order valence-electron chi connectivity index (χ1n) is 9.19. The lowest BCUT2D eigenvalue weighted by Gasteiger charge is -2.21. The van der Waals surface area contributed by atoms with Crippen LogP contribution in [0.5, 0.6) is 11.5 Å². The van der Waals surface area contributed by atoms with Gasteiger partial charge in [0, 0.05) is 12.6 Å². The number of likely N-dealkylation sites (tertiary alicyclic amines) is 1. The quantitative estimate of drug-likeness (QED) is 0.645. The van der Waals surface area contributed by atoms with Gasteiger partial charge < -0.3 is 13.9 Å². The molecule has 1 fully saturated rings.